The van der Waals surface area contributed by atoms with E-state index in [-0.39, 0.29) is 0 Å². The van der Waals surface area contributed by atoms with Crippen molar-refractivity contribution >= 4 is 11.3 Å². The number of rotatable bonds is 3. The minimum atomic E-state index is 0.444. The van der Waals surface area contributed by atoms with Gasteiger partial charge >= 0.3 is 0 Å². The predicted octanol–water partition coefficient (Wildman–Crippen LogP) is 2.03. The van der Waals surface area contributed by atoms with Gasteiger partial charge in [0, 0.05) is 18.0 Å². The molecule has 0 aromatic carbocycles. The maximum Gasteiger partial charge on any atom is 0.0813 e. The number of ether oxygens (including phenoxy) is 1. The molecule has 71 valence electrons. The third kappa shape index (κ3) is 2.79. The second-order valence-corrected chi connectivity index (χ2v) is 4.29. The molecule has 0 atom stereocenters. The summed E-state index contributed by atoms with van der Waals surface area (Å²) in [4.78, 5) is 1.32. The van der Waals surface area contributed by atoms with Crippen LogP contribution in [0.5, 0.6) is 0 Å². The van der Waals surface area contributed by atoms with Crippen molar-refractivity contribution < 1.29 is 4.74 Å². The zero-order valence-corrected chi connectivity index (χ0v) is 8.43. The first-order chi connectivity index (χ1) is 6.45. The molecule has 1 aromatic rings. The minimum absolute atomic E-state index is 0.444. The van der Waals surface area contributed by atoms with Crippen LogP contribution in [0, 0.1) is 0 Å². The molecule has 0 bridgehead atoms. The molecule has 1 aliphatic heterocycles. The van der Waals surface area contributed by atoms with Crippen molar-refractivity contribution in [3.05, 3.63) is 22.4 Å². The van der Waals surface area contributed by atoms with Crippen LogP contribution in [0.15, 0.2) is 17.5 Å². The highest BCUT2D eigenvalue weighted by molar-refractivity contribution is 7.09. The Hall–Kier alpha value is -0.380. The molecule has 2 nitrogen and oxygen atoms in total. The van der Waals surface area contributed by atoms with Crippen LogP contribution in [0.4, 0.5) is 0 Å². The molecule has 1 aliphatic rings. The number of thiophene rings is 1. The largest absolute Gasteiger partial charge is 0.373 e. The van der Waals surface area contributed by atoms with Gasteiger partial charge < -0.3 is 4.74 Å². The maximum atomic E-state index is 5.78. The maximum absolute atomic E-state index is 5.78. The van der Waals surface area contributed by atoms with Gasteiger partial charge in [-0.15, -0.1) is 11.3 Å². The molecule has 0 N–H and O–H groups in total. The topological polar surface area (TPSA) is 23.3 Å². The Kier molecular flexibility index (Phi) is 3.35. The van der Waals surface area contributed by atoms with E-state index in [1.54, 1.807) is 11.3 Å². The summed E-state index contributed by atoms with van der Waals surface area (Å²) in [5.41, 5.74) is 0. The molecular formula is C10H14NOS. The summed E-state index contributed by atoms with van der Waals surface area (Å²) < 4.78 is 5.78. The van der Waals surface area contributed by atoms with E-state index in [0.29, 0.717) is 6.10 Å². The van der Waals surface area contributed by atoms with Crippen molar-refractivity contribution in [3.8, 4) is 0 Å². The SMILES string of the molecule is c1csc(COC2CC[N]CC2)c1. The number of hydrogen-bond acceptors (Lipinski definition) is 2. The van der Waals surface area contributed by atoms with Gasteiger partial charge in [0.25, 0.3) is 0 Å². The van der Waals surface area contributed by atoms with Gasteiger partial charge in [-0.25, -0.2) is 5.32 Å². The highest BCUT2D eigenvalue weighted by Crippen LogP contribution is 2.14. The fourth-order valence-electron chi connectivity index (χ4n) is 1.49. The standard InChI is InChI=1S/C10H14NOS/c1-2-10(13-7-1)8-12-9-3-5-11-6-4-9/h1-2,7,9H,3-6,8H2. The van der Waals surface area contributed by atoms with Crippen molar-refractivity contribution in [2.45, 2.75) is 25.6 Å². The molecule has 0 spiro atoms. The van der Waals surface area contributed by atoms with Crippen molar-refractivity contribution in [2.24, 2.45) is 0 Å². The van der Waals surface area contributed by atoms with E-state index in [2.05, 4.69) is 22.8 Å². The van der Waals surface area contributed by atoms with Crippen molar-refractivity contribution in [3.63, 3.8) is 0 Å². The van der Waals surface area contributed by atoms with E-state index in [4.69, 9.17) is 4.74 Å². The Balaban J connectivity index is 1.72. The fourth-order valence-corrected chi connectivity index (χ4v) is 2.11. The van der Waals surface area contributed by atoms with Crippen LogP contribution in [0.3, 0.4) is 0 Å². The molecule has 0 saturated carbocycles. The van der Waals surface area contributed by atoms with Crippen molar-refractivity contribution in [1.29, 1.82) is 0 Å². The second-order valence-electron chi connectivity index (χ2n) is 3.26. The first kappa shape index (κ1) is 9.19. The Morgan fingerprint density at radius 2 is 2.31 bits per heavy atom. The molecule has 0 aliphatic carbocycles. The van der Waals surface area contributed by atoms with Gasteiger partial charge in [-0.1, -0.05) is 6.07 Å². The second kappa shape index (κ2) is 4.74. The van der Waals surface area contributed by atoms with Gasteiger partial charge in [-0.05, 0) is 24.3 Å². The zero-order valence-electron chi connectivity index (χ0n) is 7.61. The van der Waals surface area contributed by atoms with E-state index in [1.165, 1.54) is 4.88 Å². The van der Waals surface area contributed by atoms with Crippen LogP contribution in [-0.4, -0.2) is 19.2 Å². The Morgan fingerprint density at radius 1 is 1.46 bits per heavy atom. The molecule has 1 aromatic heterocycles. The van der Waals surface area contributed by atoms with Crippen LogP contribution < -0.4 is 5.32 Å². The van der Waals surface area contributed by atoms with E-state index in [9.17, 15) is 0 Å². The van der Waals surface area contributed by atoms with Crippen LogP contribution >= 0.6 is 11.3 Å². The molecule has 3 heteroatoms. The van der Waals surface area contributed by atoms with Crippen molar-refractivity contribution in [2.75, 3.05) is 13.1 Å². The third-order valence-electron chi connectivity index (χ3n) is 2.26. The van der Waals surface area contributed by atoms with Crippen LogP contribution in [-0.2, 0) is 11.3 Å². The first-order valence-electron chi connectivity index (χ1n) is 4.72. The summed E-state index contributed by atoms with van der Waals surface area (Å²) in [6, 6.07) is 4.19. The monoisotopic (exact) mass is 196 g/mol. The molecule has 1 saturated heterocycles. The lowest BCUT2D eigenvalue weighted by Gasteiger charge is -2.21. The quantitative estimate of drug-likeness (QED) is 0.725. The first-order valence-corrected chi connectivity index (χ1v) is 5.60. The zero-order chi connectivity index (χ0) is 8.93. The average Bonchev–Trinajstić information content (AvgIpc) is 2.69. The summed E-state index contributed by atoms with van der Waals surface area (Å²) >= 11 is 1.76. The van der Waals surface area contributed by atoms with Gasteiger partial charge in [0.2, 0.25) is 0 Å². The highest BCUT2D eigenvalue weighted by atomic mass is 32.1. The molecular weight excluding hydrogens is 182 g/mol. The third-order valence-corrected chi connectivity index (χ3v) is 3.11. The van der Waals surface area contributed by atoms with Gasteiger partial charge in [0.05, 0.1) is 12.7 Å². The summed E-state index contributed by atoms with van der Waals surface area (Å²) in [6.45, 7) is 2.74. The molecule has 2 heterocycles. The molecule has 1 fully saturated rings. The van der Waals surface area contributed by atoms with E-state index < -0.39 is 0 Å². The van der Waals surface area contributed by atoms with Crippen molar-refractivity contribution in [1.82, 2.24) is 5.32 Å². The van der Waals surface area contributed by atoms with Gasteiger partial charge in [-0.3, -0.25) is 0 Å². The van der Waals surface area contributed by atoms with Crippen LogP contribution in [0.25, 0.3) is 0 Å². The number of piperidine rings is 1. The lowest BCUT2D eigenvalue weighted by atomic mass is 10.1. The van der Waals surface area contributed by atoms with Crippen LogP contribution in [0.1, 0.15) is 17.7 Å². The molecule has 1 radical (unpaired) electrons. The smallest absolute Gasteiger partial charge is 0.0813 e. The van der Waals surface area contributed by atoms with E-state index in [1.807, 2.05) is 0 Å². The Labute approximate surface area is 82.9 Å². The summed E-state index contributed by atoms with van der Waals surface area (Å²) in [5, 5.41) is 6.39. The normalized spacial score (nSPS) is 19.1. The van der Waals surface area contributed by atoms with E-state index >= 15 is 0 Å². The molecule has 2 rings (SSSR count). The Morgan fingerprint density at radius 3 is 3.00 bits per heavy atom. The van der Waals surface area contributed by atoms with Gasteiger partial charge in [0.1, 0.15) is 0 Å². The summed E-state index contributed by atoms with van der Waals surface area (Å²) in [6.07, 6.45) is 2.65. The molecule has 0 amide bonds. The molecule has 13 heavy (non-hydrogen) atoms. The predicted molar refractivity (Wildman–Crippen MR) is 54.0 cm³/mol. The average molecular weight is 196 g/mol. The fraction of sp³-hybridized carbons (Fsp3) is 0.600. The molecule has 0 unspecified atom stereocenters. The summed E-state index contributed by atoms with van der Waals surface area (Å²) in [7, 11) is 0. The summed E-state index contributed by atoms with van der Waals surface area (Å²) in [5.74, 6) is 0. The van der Waals surface area contributed by atoms with Gasteiger partial charge in [0.15, 0.2) is 0 Å². The van der Waals surface area contributed by atoms with Gasteiger partial charge in [-0.2, -0.15) is 0 Å². The minimum Gasteiger partial charge on any atom is -0.373 e. The number of nitrogens with zero attached hydrogens (tertiary/aromatic N) is 1. The highest BCUT2D eigenvalue weighted by Gasteiger charge is 2.13. The lowest BCUT2D eigenvalue weighted by Crippen LogP contribution is -2.28. The van der Waals surface area contributed by atoms with Crippen LogP contribution in [0.2, 0.25) is 0 Å². The lowest BCUT2D eigenvalue weighted by molar-refractivity contribution is 0.0221. The number of hydrogen-bond donors (Lipinski definition) is 0. The Bertz CT molecular complexity index is 229. The van der Waals surface area contributed by atoms with E-state index in [0.717, 1.165) is 32.5 Å².